The van der Waals surface area contributed by atoms with Crippen molar-refractivity contribution in [2.45, 2.75) is 83.6 Å². The van der Waals surface area contributed by atoms with E-state index < -0.39 is 0 Å². The lowest BCUT2D eigenvalue weighted by molar-refractivity contribution is 0.336. The predicted octanol–water partition coefficient (Wildman–Crippen LogP) is 3.76. The van der Waals surface area contributed by atoms with Crippen LogP contribution in [0.4, 0.5) is 0 Å². The van der Waals surface area contributed by atoms with Gasteiger partial charge in [-0.1, -0.05) is 64.7 Å². The lowest BCUT2D eigenvalue weighted by Crippen LogP contribution is -2.36. The molecule has 0 radical (unpaired) electrons. The summed E-state index contributed by atoms with van der Waals surface area (Å²) in [6.45, 7) is 2.26. The molecule has 1 fully saturated rings. The van der Waals surface area contributed by atoms with E-state index in [-0.39, 0.29) is 0 Å². The van der Waals surface area contributed by atoms with E-state index >= 15 is 0 Å². The van der Waals surface area contributed by atoms with E-state index in [1.54, 1.807) is 0 Å². The fourth-order valence-electron chi connectivity index (χ4n) is 2.91. The van der Waals surface area contributed by atoms with E-state index in [2.05, 4.69) is 12.3 Å². The normalized spacial score (nSPS) is 20.6. The molecule has 3 N–H and O–H groups in total. The van der Waals surface area contributed by atoms with E-state index in [9.17, 15) is 0 Å². The lowest BCUT2D eigenvalue weighted by atomic mass is 9.91. The van der Waals surface area contributed by atoms with Crippen molar-refractivity contribution in [2.75, 3.05) is 0 Å². The predicted molar refractivity (Wildman–Crippen MR) is 71.1 cm³/mol. The van der Waals surface area contributed by atoms with Crippen LogP contribution >= 0.6 is 0 Å². The van der Waals surface area contributed by atoms with Crippen molar-refractivity contribution >= 4 is 0 Å². The third-order valence-electron chi connectivity index (χ3n) is 3.98. The first kappa shape index (κ1) is 14.0. The molecule has 2 heteroatoms. The first-order valence-electron chi connectivity index (χ1n) is 7.33. The quantitative estimate of drug-likeness (QED) is 0.300. The van der Waals surface area contributed by atoms with Crippen molar-refractivity contribution in [3.05, 3.63) is 0 Å². The van der Waals surface area contributed by atoms with Crippen LogP contribution in [0.25, 0.3) is 0 Å². The molecule has 0 amide bonds. The summed E-state index contributed by atoms with van der Waals surface area (Å²) in [6, 6.07) is 0.564. The molecule has 0 aliphatic heterocycles. The molecule has 96 valence electrons. The molecule has 1 saturated carbocycles. The molecule has 0 aromatic carbocycles. The fourth-order valence-corrected chi connectivity index (χ4v) is 2.91. The second kappa shape index (κ2) is 9.00. The minimum atomic E-state index is 0.564. The van der Waals surface area contributed by atoms with E-state index in [0.29, 0.717) is 6.04 Å². The van der Waals surface area contributed by atoms with Gasteiger partial charge in [0.05, 0.1) is 0 Å². The Labute approximate surface area is 101 Å². The van der Waals surface area contributed by atoms with Gasteiger partial charge in [-0.25, -0.2) is 0 Å². The minimum Gasteiger partial charge on any atom is -0.271 e. The highest BCUT2D eigenvalue weighted by Gasteiger charge is 2.16. The van der Waals surface area contributed by atoms with Crippen molar-refractivity contribution < 1.29 is 0 Å². The molecule has 0 aromatic heterocycles. The molecule has 16 heavy (non-hydrogen) atoms. The van der Waals surface area contributed by atoms with Crippen LogP contribution in [-0.2, 0) is 0 Å². The number of nitrogens with two attached hydrogens (primary N) is 1. The lowest BCUT2D eigenvalue weighted by Gasteiger charge is -2.21. The number of unbranched alkanes of at least 4 members (excludes halogenated alkanes) is 2. The largest absolute Gasteiger partial charge is 0.271 e. The summed E-state index contributed by atoms with van der Waals surface area (Å²) < 4.78 is 0. The molecule has 0 spiro atoms. The zero-order valence-electron chi connectivity index (χ0n) is 11.0. The Hall–Kier alpha value is -0.0800. The van der Waals surface area contributed by atoms with Gasteiger partial charge in [0.2, 0.25) is 0 Å². The standard InChI is InChI=1S/C14H30N2/c1-2-3-6-11-14(16-15)12-13-9-7-4-5-8-10-13/h13-14,16H,2-12,15H2,1H3. The Balaban J connectivity index is 2.19. The Morgan fingerprint density at radius 3 is 2.38 bits per heavy atom. The van der Waals surface area contributed by atoms with Gasteiger partial charge < -0.3 is 0 Å². The van der Waals surface area contributed by atoms with Crippen molar-refractivity contribution in [1.29, 1.82) is 0 Å². The van der Waals surface area contributed by atoms with Crippen LogP contribution in [0.1, 0.15) is 77.6 Å². The highest BCUT2D eigenvalue weighted by Crippen LogP contribution is 2.27. The smallest absolute Gasteiger partial charge is 0.0213 e. The topological polar surface area (TPSA) is 38.0 Å². The van der Waals surface area contributed by atoms with Crippen LogP contribution in [0, 0.1) is 5.92 Å². The highest BCUT2D eigenvalue weighted by molar-refractivity contribution is 4.72. The molecule has 1 unspecified atom stereocenters. The molecular formula is C14H30N2. The van der Waals surface area contributed by atoms with Crippen LogP contribution in [0.3, 0.4) is 0 Å². The van der Waals surface area contributed by atoms with Crippen LogP contribution in [0.15, 0.2) is 0 Å². The molecule has 1 atom stereocenters. The van der Waals surface area contributed by atoms with E-state index in [1.165, 1.54) is 70.6 Å². The summed E-state index contributed by atoms with van der Waals surface area (Å²) in [5.41, 5.74) is 3.03. The van der Waals surface area contributed by atoms with Gasteiger partial charge in [0.25, 0.3) is 0 Å². The van der Waals surface area contributed by atoms with Gasteiger partial charge in [-0.3, -0.25) is 11.3 Å². The molecule has 1 rings (SSSR count). The van der Waals surface area contributed by atoms with Gasteiger partial charge >= 0.3 is 0 Å². The minimum absolute atomic E-state index is 0.564. The van der Waals surface area contributed by atoms with E-state index in [4.69, 9.17) is 5.84 Å². The third kappa shape index (κ3) is 5.86. The van der Waals surface area contributed by atoms with Crippen molar-refractivity contribution in [3.63, 3.8) is 0 Å². The molecule has 0 bridgehead atoms. The summed E-state index contributed by atoms with van der Waals surface area (Å²) in [6.07, 6.45) is 15.2. The molecule has 0 aromatic rings. The van der Waals surface area contributed by atoms with Gasteiger partial charge in [-0.15, -0.1) is 0 Å². The Bertz CT molecular complexity index is 151. The Kier molecular flexibility index (Phi) is 7.87. The molecule has 1 aliphatic rings. The number of hydrogen-bond acceptors (Lipinski definition) is 2. The van der Waals surface area contributed by atoms with Crippen molar-refractivity contribution in [2.24, 2.45) is 11.8 Å². The summed E-state index contributed by atoms with van der Waals surface area (Å²) in [4.78, 5) is 0. The maximum Gasteiger partial charge on any atom is 0.0213 e. The average molecular weight is 226 g/mol. The summed E-state index contributed by atoms with van der Waals surface area (Å²) in [7, 11) is 0. The number of rotatable bonds is 7. The number of nitrogens with one attached hydrogen (secondary N) is 1. The second-order valence-electron chi connectivity index (χ2n) is 5.45. The zero-order valence-corrected chi connectivity index (χ0v) is 11.0. The SMILES string of the molecule is CCCCCC(CC1CCCCCC1)NN. The zero-order chi connectivity index (χ0) is 11.6. The molecule has 0 heterocycles. The monoisotopic (exact) mass is 226 g/mol. The maximum absolute atomic E-state index is 5.66. The number of hydrogen-bond donors (Lipinski definition) is 2. The van der Waals surface area contributed by atoms with E-state index in [1.807, 2.05) is 0 Å². The van der Waals surface area contributed by atoms with E-state index in [0.717, 1.165) is 5.92 Å². The summed E-state index contributed by atoms with van der Waals surface area (Å²) >= 11 is 0. The van der Waals surface area contributed by atoms with Gasteiger partial charge in [0.15, 0.2) is 0 Å². The van der Waals surface area contributed by atoms with Gasteiger partial charge in [0, 0.05) is 6.04 Å². The molecule has 0 saturated heterocycles. The van der Waals surface area contributed by atoms with Crippen LogP contribution in [-0.4, -0.2) is 6.04 Å². The van der Waals surface area contributed by atoms with Crippen molar-refractivity contribution in [1.82, 2.24) is 5.43 Å². The van der Waals surface area contributed by atoms with Crippen LogP contribution in [0.2, 0.25) is 0 Å². The van der Waals surface area contributed by atoms with Crippen LogP contribution < -0.4 is 11.3 Å². The van der Waals surface area contributed by atoms with Gasteiger partial charge in [0.1, 0.15) is 0 Å². The van der Waals surface area contributed by atoms with Crippen LogP contribution in [0.5, 0.6) is 0 Å². The summed E-state index contributed by atoms with van der Waals surface area (Å²) in [5.74, 6) is 6.60. The Morgan fingerprint density at radius 1 is 1.12 bits per heavy atom. The summed E-state index contributed by atoms with van der Waals surface area (Å²) in [5, 5.41) is 0. The molecule has 1 aliphatic carbocycles. The average Bonchev–Trinajstić information content (AvgIpc) is 2.56. The second-order valence-corrected chi connectivity index (χ2v) is 5.45. The maximum atomic E-state index is 5.66. The third-order valence-corrected chi connectivity index (χ3v) is 3.98. The number of hydrazine groups is 1. The van der Waals surface area contributed by atoms with Gasteiger partial charge in [-0.05, 0) is 18.8 Å². The van der Waals surface area contributed by atoms with Crippen molar-refractivity contribution in [3.8, 4) is 0 Å². The first-order valence-corrected chi connectivity index (χ1v) is 7.33. The fraction of sp³-hybridized carbons (Fsp3) is 1.00. The highest BCUT2D eigenvalue weighted by atomic mass is 15.2. The Morgan fingerprint density at radius 2 is 1.81 bits per heavy atom. The molecular weight excluding hydrogens is 196 g/mol. The first-order chi connectivity index (χ1) is 7.86. The van der Waals surface area contributed by atoms with Gasteiger partial charge in [-0.2, -0.15) is 0 Å². The molecule has 2 nitrogen and oxygen atoms in total.